The number of rotatable bonds is 5. The molecule has 0 saturated heterocycles. The molecule has 0 amide bonds. The number of carbonyl (C=O) groups is 1. The van der Waals surface area contributed by atoms with Gasteiger partial charge in [-0.2, -0.15) is 0 Å². The molecule has 1 aromatic carbocycles. The Balaban J connectivity index is 1.81. The van der Waals surface area contributed by atoms with Crippen molar-refractivity contribution < 1.29 is 9.21 Å². The van der Waals surface area contributed by atoms with Gasteiger partial charge in [-0.3, -0.25) is 4.79 Å². The molecule has 16 heavy (non-hydrogen) atoms. The van der Waals surface area contributed by atoms with Gasteiger partial charge in [0.1, 0.15) is 5.76 Å². The van der Waals surface area contributed by atoms with Crippen molar-refractivity contribution in [3.8, 4) is 0 Å². The fourth-order valence-corrected chi connectivity index (χ4v) is 1.44. The van der Waals surface area contributed by atoms with Crippen LogP contribution >= 0.6 is 0 Å². The van der Waals surface area contributed by atoms with Crippen molar-refractivity contribution in [2.75, 3.05) is 6.54 Å². The van der Waals surface area contributed by atoms with Crippen LogP contribution in [0.5, 0.6) is 0 Å². The average molecular weight is 215 g/mol. The van der Waals surface area contributed by atoms with E-state index in [1.165, 1.54) is 0 Å². The summed E-state index contributed by atoms with van der Waals surface area (Å²) in [4.78, 5) is 11.7. The van der Waals surface area contributed by atoms with Gasteiger partial charge in [0.15, 0.2) is 5.78 Å². The van der Waals surface area contributed by atoms with Crippen molar-refractivity contribution in [1.29, 1.82) is 0 Å². The zero-order valence-electron chi connectivity index (χ0n) is 8.85. The lowest BCUT2D eigenvalue weighted by Gasteiger charge is -2.02. The molecule has 1 heterocycles. The molecular formula is C13H13NO2. The fraction of sp³-hybridized carbons (Fsp3) is 0.154. The molecule has 0 fully saturated rings. The zero-order chi connectivity index (χ0) is 11.2. The Kier molecular flexibility index (Phi) is 3.51. The maximum atomic E-state index is 11.7. The maximum Gasteiger partial charge on any atom is 0.176 e. The van der Waals surface area contributed by atoms with Gasteiger partial charge in [0.05, 0.1) is 19.4 Å². The van der Waals surface area contributed by atoms with Crippen molar-refractivity contribution in [1.82, 2.24) is 5.32 Å². The van der Waals surface area contributed by atoms with Crippen molar-refractivity contribution in [3.05, 3.63) is 60.1 Å². The van der Waals surface area contributed by atoms with Gasteiger partial charge in [-0.05, 0) is 12.1 Å². The average Bonchev–Trinajstić information content (AvgIpc) is 2.83. The lowest BCUT2D eigenvalue weighted by molar-refractivity contribution is 0.0990. The molecule has 0 aliphatic heterocycles. The predicted molar refractivity (Wildman–Crippen MR) is 61.2 cm³/mol. The minimum Gasteiger partial charge on any atom is -0.468 e. The number of hydrogen-bond acceptors (Lipinski definition) is 3. The number of carbonyl (C=O) groups excluding carboxylic acids is 1. The topological polar surface area (TPSA) is 42.2 Å². The van der Waals surface area contributed by atoms with Crippen LogP contribution in [0.3, 0.4) is 0 Å². The highest BCUT2D eigenvalue weighted by Gasteiger charge is 2.04. The minimum atomic E-state index is 0.0900. The largest absolute Gasteiger partial charge is 0.468 e. The summed E-state index contributed by atoms with van der Waals surface area (Å²) in [5, 5.41) is 3.04. The summed E-state index contributed by atoms with van der Waals surface area (Å²) < 4.78 is 5.15. The van der Waals surface area contributed by atoms with E-state index in [0.29, 0.717) is 13.1 Å². The molecule has 0 spiro atoms. The van der Waals surface area contributed by atoms with E-state index in [1.54, 1.807) is 6.26 Å². The summed E-state index contributed by atoms with van der Waals surface area (Å²) in [5.74, 6) is 0.924. The summed E-state index contributed by atoms with van der Waals surface area (Å²) >= 11 is 0. The molecule has 0 atom stereocenters. The van der Waals surface area contributed by atoms with E-state index in [2.05, 4.69) is 5.32 Å². The second kappa shape index (κ2) is 5.28. The molecule has 3 heteroatoms. The first-order valence-electron chi connectivity index (χ1n) is 5.17. The number of furan rings is 1. The highest BCUT2D eigenvalue weighted by molar-refractivity contribution is 5.97. The first kappa shape index (κ1) is 10.6. The molecule has 0 unspecified atom stereocenters. The van der Waals surface area contributed by atoms with E-state index in [4.69, 9.17) is 4.42 Å². The Bertz CT molecular complexity index is 434. The number of nitrogens with one attached hydrogen (secondary N) is 1. The van der Waals surface area contributed by atoms with Crippen LogP contribution in [0.25, 0.3) is 0 Å². The van der Waals surface area contributed by atoms with Crippen LogP contribution in [0.15, 0.2) is 53.1 Å². The van der Waals surface area contributed by atoms with E-state index >= 15 is 0 Å². The molecule has 2 rings (SSSR count). The van der Waals surface area contributed by atoms with Gasteiger partial charge in [0, 0.05) is 5.56 Å². The second-order valence-electron chi connectivity index (χ2n) is 3.47. The molecule has 0 aliphatic carbocycles. The molecule has 1 aromatic heterocycles. The molecular weight excluding hydrogens is 202 g/mol. The maximum absolute atomic E-state index is 11.7. The molecule has 0 bridgehead atoms. The van der Waals surface area contributed by atoms with Gasteiger partial charge in [-0.15, -0.1) is 0 Å². The Morgan fingerprint density at radius 1 is 1.12 bits per heavy atom. The monoisotopic (exact) mass is 215 g/mol. The van der Waals surface area contributed by atoms with E-state index in [0.717, 1.165) is 11.3 Å². The number of Topliss-reactive ketones (excluding diaryl/α,β-unsaturated/α-hetero) is 1. The van der Waals surface area contributed by atoms with Gasteiger partial charge in [0.2, 0.25) is 0 Å². The number of benzene rings is 1. The quantitative estimate of drug-likeness (QED) is 0.778. The minimum absolute atomic E-state index is 0.0900. The van der Waals surface area contributed by atoms with Gasteiger partial charge >= 0.3 is 0 Å². The fourth-order valence-electron chi connectivity index (χ4n) is 1.44. The highest BCUT2D eigenvalue weighted by Crippen LogP contribution is 2.01. The lowest BCUT2D eigenvalue weighted by Crippen LogP contribution is -2.22. The molecule has 0 aliphatic rings. The Labute approximate surface area is 94.1 Å². The third kappa shape index (κ3) is 2.81. The third-order valence-corrected chi connectivity index (χ3v) is 2.26. The number of ketones is 1. The summed E-state index contributed by atoms with van der Waals surface area (Å²) in [7, 11) is 0. The van der Waals surface area contributed by atoms with Crippen LogP contribution in [-0.2, 0) is 6.54 Å². The van der Waals surface area contributed by atoms with Gasteiger partial charge in [-0.25, -0.2) is 0 Å². The van der Waals surface area contributed by atoms with Gasteiger partial charge in [0.25, 0.3) is 0 Å². The molecule has 1 N–H and O–H groups in total. The molecule has 2 aromatic rings. The number of hydrogen-bond donors (Lipinski definition) is 1. The van der Waals surface area contributed by atoms with Crippen molar-refractivity contribution in [2.24, 2.45) is 0 Å². The molecule has 0 saturated carbocycles. The van der Waals surface area contributed by atoms with Crippen molar-refractivity contribution in [3.63, 3.8) is 0 Å². The second-order valence-corrected chi connectivity index (χ2v) is 3.47. The van der Waals surface area contributed by atoms with Crippen molar-refractivity contribution >= 4 is 5.78 Å². The highest BCUT2D eigenvalue weighted by atomic mass is 16.3. The van der Waals surface area contributed by atoms with E-state index < -0.39 is 0 Å². The van der Waals surface area contributed by atoms with Crippen LogP contribution in [0.4, 0.5) is 0 Å². The lowest BCUT2D eigenvalue weighted by atomic mass is 10.1. The zero-order valence-corrected chi connectivity index (χ0v) is 8.85. The first-order valence-corrected chi connectivity index (χ1v) is 5.17. The van der Waals surface area contributed by atoms with E-state index in [1.807, 2.05) is 42.5 Å². The third-order valence-electron chi connectivity index (χ3n) is 2.26. The Morgan fingerprint density at radius 3 is 2.62 bits per heavy atom. The summed E-state index contributed by atoms with van der Waals surface area (Å²) in [6, 6.07) is 13.0. The summed E-state index contributed by atoms with van der Waals surface area (Å²) in [6.45, 7) is 0.899. The van der Waals surface area contributed by atoms with Crippen LogP contribution < -0.4 is 5.32 Å². The van der Waals surface area contributed by atoms with Crippen molar-refractivity contribution in [2.45, 2.75) is 6.54 Å². The normalized spacial score (nSPS) is 10.2. The summed E-state index contributed by atoms with van der Waals surface area (Å²) in [5.41, 5.74) is 0.731. The standard InChI is InChI=1S/C13H13NO2/c15-13(11-5-2-1-3-6-11)10-14-9-12-7-4-8-16-12/h1-8,14H,9-10H2. The van der Waals surface area contributed by atoms with Crippen LogP contribution in [0, 0.1) is 0 Å². The smallest absolute Gasteiger partial charge is 0.176 e. The van der Waals surface area contributed by atoms with E-state index in [-0.39, 0.29) is 5.78 Å². The van der Waals surface area contributed by atoms with E-state index in [9.17, 15) is 4.79 Å². The molecule has 0 radical (unpaired) electrons. The SMILES string of the molecule is O=C(CNCc1ccco1)c1ccccc1. The van der Waals surface area contributed by atoms with Crippen LogP contribution in [0.2, 0.25) is 0 Å². The van der Waals surface area contributed by atoms with Gasteiger partial charge < -0.3 is 9.73 Å². The molecule has 82 valence electrons. The Morgan fingerprint density at radius 2 is 1.94 bits per heavy atom. The van der Waals surface area contributed by atoms with Crippen LogP contribution in [-0.4, -0.2) is 12.3 Å². The summed E-state index contributed by atoms with van der Waals surface area (Å²) in [6.07, 6.45) is 1.62. The Hall–Kier alpha value is -1.87. The predicted octanol–water partition coefficient (Wildman–Crippen LogP) is 2.25. The first-order chi connectivity index (χ1) is 7.86. The van der Waals surface area contributed by atoms with Crippen LogP contribution in [0.1, 0.15) is 16.1 Å². The molecule has 3 nitrogen and oxygen atoms in total. The van der Waals surface area contributed by atoms with Gasteiger partial charge in [-0.1, -0.05) is 30.3 Å².